The average Bonchev–Trinajstić information content (AvgIpc) is 3.36. The normalized spacial score (nSPS) is 14.4. The van der Waals surface area contributed by atoms with Crippen molar-refractivity contribution in [2.45, 2.75) is 19.3 Å². The van der Waals surface area contributed by atoms with Gasteiger partial charge in [-0.2, -0.15) is 10.2 Å². The van der Waals surface area contributed by atoms with Gasteiger partial charge in [0.1, 0.15) is 5.52 Å². The summed E-state index contributed by atoms with van der Waals surface area (Å²) in [7, 11) is 2.00. The Hall–Kier alpha value is -3.15. The second-order valence-corrected chi connectivity index (χ2v) is 6.42. The molecule has 1 aromatic carbocycles. The van der Waals surface area contributed by atoms with Crippen LogP contribution in [0.2, 0.25) is 0 Å². The predicted molar refractivity (Wildman–Crippen MR) is 99.7 cm³/mol. The van der Waals surface area contributed by atoms with Crippen LogP contribution < -0.4 is 5.32 Å². The molecule has 6 heteroatoms. The zero-order valence-electron chi connectivity index (χ0n) is 14.0. The Balaban J connectivity index is 1.55. The largest absolute Gasteiger partial charge is 0.337 e. The van der Waals surface area contributed by atoms with Crippen LogP contribution in [-0.4, -0.2) is 25.0 Å². The lowest BCUT2D eigenvalue weighted by atomic mass is 10.1. The van der Waals surface area contributed by atoms with Gasteiger partial charge in [0, 0.05) is 24.3 Å². The first-order chi connectivity index (χ1) is 12.3. The number of nitrogens with zero attached hydrogens (tertiary/aromatic N) is 4. The number of aryl methyl sites for hydroxylation is 1. The second-order valence-electron chi connectivity index (χ2n) is 6.42. The standard InChI is InChI=1S/C19H18N6/c1-25-16-11-13(21-19-18-15(22-23-19)7-4-10-20-18)8-9-14(16)17(24-25)12-5-2-3-6-12/h4-5,7-11H,2-3,6H2,1H3,(H2,21,22,23). The van der Waals surface area contributed by atoms with Gasteiger partial charge < -0.3 is 5.32 Å². The third-order valence-electron chi connectivity index (χ3n) is 4.78. The molecule has 5 rings (SSSR count). The van der Waals surface area contributed by atoms with Crippen LogP contribution in [0.15, 0.2) is 42.6 Å². The second kappa shape index (κ2) is 5.44. The molecule has 2 N–H and O–H groups in total. The Labute approximate surface area is 144 Å². The first kappa shape index (κ1) is 14.2. The molecule has 6 nitrogen and oxygen atoms in total. The summed E-state index contributed by atoms with van der Waals surface area (Å²) < 4.78 is 1.95. The monoisotopic (exact) mass is 330 g/mol. The molecule has 4 aromatic rings. The summed E-state index contributed by atoms with van der Waals surface area (Å²) in [4.78, 5) is 4.39. The van der Waals surface area contributed by atoms with E-state index in [1.54, 1.807) is 6.20 Å². The first-order valence-corrected chi connectivity index (χ1v) is 8.52. The van der Waals surface area contributed by atoms with E-state index in [0.717, 1.165) is 46.6 Å². The molecule has 3 heterocycles. The lowest BCUT2D eigenvalue weighted by Gasteiger charge is -2.04. The van der Waals surface area contributed by atoms with Crippen molar-refractivity contribution < 1.29 is 0 Å². The van der Waals surface area contributed by atoms with Gasteiger partial charge in [-0.15, -0.1) is 0 Å². The molecule has 25 heavy (non-hydrogen) atoms. The smallest absolute Gasteiger partial charge is 0.178 e. The van der Waals surface area contributed by atoms with Crippen molar-refractivity contribution >= 4 is 39.0 Å². The van der Waals surface area contributed by atoms with E-state index in [4.69, 9.17) is 5.10 Å². The summed E-state index contributed by atoms with van der Waals surface area (Å²) in [5, 5.41) is 16.6. The number of aromatic nitrogens is 5. The fraction of sp³-hybridized carbons (Fsp3) is 0.211. The molecule has 0 amide bonds. The summed E-state index contributed by atoms with van der Waals surface area (Å²) in [6.45, 7) is 0. The maximum atomic E-state index is 4.75. The number of H-pyrrole nitrogens is 1. The third-order valence-corrected chi connectivity index (χ3v) is 4.78. The summed E-state index contributed by atoms with van der Waals surface area (Å²) in [5.41, 5.74) is 6.33. The molecular weight excluding hydrogens is 312 g/mol. The van der Waals surface area contributed by atoms with Crippen molar-refractivity contribution in [2.24, 2.45) is 7.05 Å². The molecule has 0 fully saturated rings. The van der Waals surface area contributed by atoms with Gasteiger partial charge in [0.25, 0.3) is 0 Å². The number of rotatable bonds is 3. The Morgan fingerprint density at radius 3 is 3.08 bits per heavy atom. The van der Waals surface area contributed by atoms with Crippen LogP contribution in [0.3, 0.4) is 0 Å². The van der Waals surface area contributed by atoms with Crippen molar-refractivity contribution in [3.63, 3.8) is 0 Å². The van der Waals surface area contributed by atoms with E-state index < -0.39 is 0 Å². The number of fused-ring (bicyclic) bond motifs is 2. The van der Waals surface area contributed by atoms with Gasteiger partial charge in [-0.05, 0) is 55.2 Å². The van der Waals surface area contributed by atoms with E-state index in [-0.39, 0.29) is 0 Å². The van der Waals surface area contributed by atoms with Crippen molar-refractivity contribution in [3.8, 4) is 0 Å². The fourth-order valence-corrected chi connectivity index (χ4v) is 3.54. The van der Waals surface area contributed by atoms with Crippen LogP contribution in [0.25, 0.3) is 27.5 Å². The number of allylic oxidation sites excluding steroid dienone is 2. The molecule has 0 radical (unpaired) electrons. The van der Waals surface area contributed by atoms with E-state index in [0.29, 0.717) is 0 Å². The Morgan fingerprint density at radius 1 is 1.24 bits per heavy atom. The molecule has 1 aliphatic carbocycles. The van der Waals surface area contributed by atoms with E-state index in [1.807, 2.05) is 23.9 Å². The van der Waals surface area contributed by atoms with Crippen molar-refractivity contribution in [1.29, 1.82) is 0 Å². The van der Waals surface area contributed by atoms with Crippen molar-refractivity contribution in [1.82, 2.24) is 25.0 Å². The number of benzene rings is 1. The van der Waals surface area contributed by atoms with Gasteiger partial charge in [-0.1, -0.05) is 6.08 Å². The van der Waals surface area contributed by atoms with E-state index in [9.17, 15) is 0 Å². The Bertz CT molecular complexity index is 1120. The maximum absolute atomic E-state index is 4.75. The van der Waals surface area contributed by atoms with Gasteiger partial charge >= 0.3 is 0 Å². The molecule has 0 bridgehead atoms. The summed E-state index contributed by atoms with van der Waals surface area (Å²) in [6.07, 6.45) is 7.60. The van der Waals surface area contributed by atoms with Crippen LogP contribution in [0, 0.1) is 0 Å². The Morgan fingerprint density at radius 2 is 2.20 bits per heavy atom. The molecule has 124 valence electrons. The quantitative estimate of drug-likeness (QED) is 0.592. The van der Waals surface area contributed by atoms with Gasteiger partial charge in [0.05, 0.1) is 16.7 Å². The SMILES string of the molecule is Cn1nc(C2=CCCC2)c2ccc(Nc3n[nH]c4cccnc34)cc21. The van der Waals surface area contributed by atoms with E-state index >= 15 is 0 Å². The average molecular weight is 330 g/mol. The summed E-state index contributed by atoms with van der Waals surface area (Å²) in [5.74, 6) is 0.732. The first-order valence-electron chi connectivity index (χ1n) is 8.52. The predicted octanol–water partition coefficient (Wildman–Crippen LogP) is 4.16. The highest BCUT2D eigenvalue weighted by Crippen LogP contribution is 2.33. The highest BCUT2D eigenvalue weighted by Gasteiger charge is 2.16. The van der Waals surface area contributed by atoms with E-state index in [2.05, 4.69) is 44.8 Å². The van der Waals surface area contributed by atoms with Crippen LogP contribution in [0.5, 0.6) is 0 Å². The summed E-state index contributed by atoms with van der Waals surface area (Å²) >= 11 is 0. The molecular formula is C19H18N6. The molecule has 1 aliphatic rings. The lowest BCUT2D eigenvalue weighted by molar-refractivity contribution is 0.789. The van der Waals surface area contributed by atoms with Crippen LogP contribution in [0.1, 0.15) is 25.0 Å². The third kappa shape index (κ3) is 2.29. The number of aromatic amines is 1. The molecule has 0 unspecified atom stereocenters. The zero-order valence-corrected chi connectivity index (χ0v) is 14.0. The highest BCUT2D eigenvalue weighted by atomic mass is 15.3. The van der Waals surface area contributed by atoms with Gasteiger partial charge in [0.2, 0.25) is 0 Å². The maximum Gasteiger partial charge on any atom is 0.178 e. The lowest BCUT2D eigenvalue weighted by Crippen LogP contribution is -1.94. The van der Waals surface area contributed by atoms with Crippen molar-refractivity contribution in [3.05, 3.63) is 48.3 Å². The number of hydrogen-bond acceptors (Lipinski definition) is 4. The molecule has 0 saturated carbocycles. The number of pyridine rings is 1. The van der Waals surface area contributed by atoms with Gasteiger partial charge in [-0.3, -0.25) is 14.8 Å². The number of anilines is 2. The van der Waals surface area contributed by atoms with Crippen molar-refractivity contribution in [2.75, 3.05) is 5.32 Å². The molecule has 0 saturated heterocycles. The van der Waals surface area contributed by atoms with Crippen LogP contribution >= 0.6 is 0 Å². The molecule has 0 aliphatic heterocycles. The molecule has 3 aromatic heterocycles. The summed E-state index contributed by atoms with van der Waals surface area (Å²) in [6, 6.07) is 10.2. The van der Waals surface area contributed by atoms with Gasteiger partial charge in [-0.25, -0.2) is 0 Å². The highest BCUT2D eigenvalue weighted by molar-refractivity contribution is 5.94. The zero-order chi connectivity index (χ0) is 16.8. The Kier molecular flexibility index (Phi) is 3.09. The van der Waals surface area contributed by atoms with E-state index in [1.165, 1.54) is 17.4 Å². The topological polar surface area (TPSA) is 71.4 Å². The fourth-order valence-electron chi connectivity index (χ4n) is 3.54. The van der Waals surface area contributed by atoms with Gasteiger partial charge in [0.15, 0.2) is 5.82 Å². The minimum absolute atomic E-state index is 0.732. The van der Waals surface area contributed by atoms with Crippen LogP contribution in [-0.2, 0) is 7.05 Å². The van der Waals surface area contributed by atoms with Crippen LogP contribution in [0.4, 0.5) is 11.5 Å². The number of hydrogen-bond donors (Lipinski definition) is 2. The molecule has 0 atom stereocenters. The molecule has 0 spiro atoms. The minimum Gasteiger partial charge on any atom is -0.337 e. The number of nitrogens with one attached hydrogen (secondary N) is 2. The minimum atomic E-state index is 0.732.